The van der Waals surface area contributed by atoms with Gasteiger partial charge in [-0.15, -0.1) is 24.8 Å². The predicted octanol–water partition coefficient (Wildman–Crippen LogP) is 2.80. The standard InChI is InChI=1S/C18H33N3O.2ClH/c1-20(12-16-2-3-16)13-17-8-11-21(14-17)18(22)5-4-15-6-9-19-10-7-15;;/h15-17,19H,2-14H2,1H3;2*1H. The molecule has 3 fully saturated rings. The van der Waals surface area contributed by atoms with Crippen molar-refractivity contribution in [1.82, 2.24) is 15.1 Å². The first kappa shape index (κ1) is 22.0. The molecule has 1 aliphatic carbocycles. The number of likely N-dealkylation sites (tertiary alicyclic amines) is 1. The van der Waals surface area contributed by atoms with Gasteiger partial charge in [-0.05, 0) is 76.4 Å². The highest BCUT2D eigenvalue weighted by molar-refractivity contribution is 5.85. The van der Waals surface area contributed by atoms with Gasteiger partial charge in [0.1, 0.15) is 0 Å². The van der Waals surface area contributed by atoms with Gasteiger partial charge < -0.3 is 15.1 Å². The van der Waals surface area contributed by atoms with Crippen molar-refractivity contribution < 1.29 is 4.79 Å². The normalized spacial score (nSPS) is 24.6. The lowest BCUT2D eigenvalue weighted by atomic mass is 9.93. The molecule has 1 amide bonds. The summed E-state index contributed by atoms with van der Waals surface area (Å²) < 4.78 is 0. The van der Waals surface area contributed by atoms with Gasteiger partial charge in [-0.1, -0.05) is 0 Å². The van der Waals surface area contributed by atoms with Crippen LogP contribution in [0.15, 0.2) is 0 Å². The van der Waals surface area contributed by atoms with E-state index in [1.54, 1.807) is 0 Å². The van der Waals surface area contributed by atoms with Crippen molar-refractivity contribution in [3.63, 3.8) is 0 Å². The summed E-state index contributed by atoms with van der Waals surface area (Å²) in [6, 6.07) is 0. The molecule has 0 aromatic heterocycles. The molecule has 1 saturated carbocycles. The van der Waals surface area contributed by atoms with Gasteiger partial charge in [-0.25, -0.2) is 0 Å². The van der Waals surface area contributed by atoms with E-state index in [0.29, 0.717) is 11.8 Å². The van der Waals surface area contributed by atoms with E-state index >= 15 is 0 Å². The van der Waals surface area contributed by atoms with Crippen molar-refractivity contribution in [2.45, 2.75) is 44.9 Å². The molecule has 4 nitrogen and oxygen atoms in total. The number of amides is 1. The lowest BCUT2D eigenvalue weighted by molar-refractivity contribution is -0.130. The molecule has 142 valence electrons. The van der Waals surface area contributed by atoms with Crippen molar-refractivity contribution in [3.05, 3.63) is 0 Å². The summed E-state index contributed by atoms with van der Waals surface area (Å²) >= 11 is 0. The molecule has 1 N–H and O–H groups in total. The Morgan fingerprint density at radius 1 is 1.00 bits per heavy atom. The monoisotopic (exact) mass is 379 g/mol. The van der Waals surface area contributed by atoms with Crippen LogP contribution in [-0.4, -0.2) is 62.0 Å². The third-order valence-corrected chi connectivity index (χ3v) is 5.70. The second-order valence-corrected chi connectivity index (χ2v) is 7.89. The maximum absolute atomic E-state index is 12.4. The Morgan fingerprint density at radius 2 is 1.67 bits per heavy atom. The summed E-state index contributed by atoms with van der Waals surface area (Å²) in [5.74, 6) is 2.85. The summed E-state index contributed by atoms with van der Waals surface area (Å²) in [4.78, 5) is 17.0. The topological polar surface area (TPSA) is 35.6 Å². The zero-order chi connectivity index (χ0) is 15.4. The first-order chi connectivity index (χ1) is 10.7. The predicted molar refractivity (Wildman–Crippen MR) is 104 cm³/mol. The van der Waals surface area contributed by atoms with Gasteiger partial charge in [0, 0.05) is 32.6 Å². The van der Waals surface area contributed by atoms with Crippen molar-refractivity contribution in [1.29, 1.82) is 0 Å². The maximum atomic E-state index is 12.4. The van der Waals surface area contributed by atoms with E-state index in [1.165, 1.54) is 45.2 Å². The third kappa shape index (κ3) is 7.07. The Bertz CT molecular complexity index is 373. The highest BCUT2D eigenvalue weighted by atomic mass is 35.5. The van der Waals surface area contributed by atoms with Crippen LogP contribution in [0, 0.1) is 17.8 Å². The Hall–Kier alpha value is -0.0300. The summed E-state index contributed by atoms with van der Waals surface area (Å²) in [5, 5.41) is 3.40. The van der Waals surface area contributed by atoms with E-state index in [1.807, 2.05) is 0 Å². The number of nitrogens with zero attached hydrogens (tertiary/aromatic N) is 2. The third-order valence-electron chi connectivity index (χ3n) is 5.70. The van der Waals surface area contributed by atoms with Gasteiger partial charge in [-0.3, -0.25) is 4.79 Å². The van der Waals surface area contributed by atoms with E-state index in [9.17, 15) is 4.79 Å². The maximum Gasteiger partial charge on any atom is 0.222 e. The van der Waals surface area contributed by atoms with Crippen LogP contribution in [0.5, 0.6) is 0 Å². The highest BCUT2D eigenvalue weighted by Gasteiger charge is 2.29. The molecule has 3 rings (SSSR count). The van der Waals surface area contributed by atoms with Crippen LogP contribution in [0.2, 0.25) is 0 Å². The number of halogens is 2. The van der Waals surface area contributed by atoms with Crippen molar-refractivity contribution >= 4 is 30.7 Å². The van der Waals surface area contributed by atoms with Crippen LogP contribution in [-0.2, 0) is 4.79 Å². The first-order valence-electron chi connectivity index (χ1n) is 9.37. The number of piperidine rings is 1. The molecule has 0 aromatic carbocycles. The molecule has 2 saturated heterocycles. The van der Waals surface area contributed by atoms with Gasteiger partial charge in [0.05, 0.1) is 0 Å². The van der Waals surface area contributed by atoms with Crippen molar-refractivity contribution in [2.24, 2.45) is 17.8 Å². The van der Waals surface area contributed by atoms with Crippen molar-refractivity contribution in [2.75, 3.05) is 46.3 Å². The fourth-order valence-electron chi connectivity index (χ4n) is 4.12. The van der Waals surface area contributed by atoms with Gasteiger partial charge in [0.25, 0.3) is 0 Å². The van der Waals surface area contributed by atoms with Gasteiger partial charge in [-0.2, -0.15) is 0 Å². The molecule has 3 aliphatic rings. The number of hydrogen-bond donors (Lipinski definition) is 1. The minimum atomic E-state index is 0. The van der Waals surface area contributed by atoms with Crippen LogP contribution >= 0.6 is 24.8 Å². The minimum absolute atomic E-state index is 0. The van der Waals surface area contributed by atoms with E-state index in [2.05, 4.69) is 22.2 Å². The van der Waals surface area contributed by atoms with Gasteiger partial charge >= 0.3 is 0 Å². The summed E-state index contributed by atoms with van der Waals surface area (Å²) in [7, 11) is 2.25. The average molecular weight is 380 g/mol. The van der Waals surface area contributed by atoms with Crippen LogP contribution < -0.4 is 5.32 Å². The Morgan fingerprint density at radius 3 is 2.33 bits per heavy atom. The number of rotatable bonds is 7. The van der Waals surface area contributed by atoms with E-state index in [-0.39, 0.29) is 24.8 Å². The molecular formula is C18H35Cl2N3O. The van der Waals surface area contributed by atoms with Crippen LogP contribution in [0.1, 0.15) is 44.9 Å². The second-order valence-electron chi connectivity index (χ2n) is 7.89. The lowest BCUT2D eigenvalue weighted by Gasteiger charge is -2.24. The molecule has 0 radical (unpaired) electrons. The smallest absolute Gasteiger partial charge is 0.222 e. The molecule has 1 atom stereocenters. The fraction of sp³-hybridized carbons (Fsp3) is 0.944. The minimum Gasteiger partial charge on any atom is -0.342 e. The zero-order valence-corrected chi connectivity index (χ0v) is 16.7. The van der Waals surface area contributed by atoms with Crippen LogP contribution in [0.25, 0.3) is 0 Å². The summed E-state index contributed by atoms with van der Waals surface area (Å²) in [6.45, 7) is 6.71. The van der Waals surface area contributed by atoms with E-state index in [4.69, 9.17) is 0 Å². The second kappa shape index (κ2) is 10.8. The number of nitrogens with one attached hydrogen (secondary N) is 1. The van der Waals surface area contributed by atoms with E-state index < -0.39 is 0 Å². The Labute approximate surface area is 159 Å². The van der Waals surface area contributed by atoms with Crippen LogP contribution in [0.3, 0.4) is 0 Å². The number of hydrogen-bond acceptors (Lipinski definition) is 3. The van der Waals surface area contributed by atoms with Crippen molar-refractivity contribution in [3.8, 4) is 0 Å². The largest absolute Gasteiger partial charge is 0.342 e. The van der Waals surface area contributed by atoms with Crippen LogP contribution in [0.4, 0.5) is 0 Å². The number of carbonyl (C=O) groups is 1. The molecule has 0 aromatic rings. The van der Waals surface area contributed by atoms with Gasteiger partial charge in [0.2, 0.25) is 5.91 Å². The first-order valence-corrected chi connectivity index (χ1v) is 9.37. The molecule has 2 aliphatic heterocycles. The Kier molecular flexibility index (Phi) is 9.95. The molecule has 24 heavy (non-hydrogen) atoms. The molecule has 2 heterocycles. The highest BCUT2D eigenvalue weighted by Crippen LogP contribution is 2.30. The quantitative estimate of drug-likeness (QED) is 0.738. The Balaban J connectivity index is 0.00000144. The lowest BCUT2D eigenvalue weighted by Crippen LogP contribution is -2.33. The number of carbonyl (C=O) groups excluding carboxylic acids is 1. The average Bonchev–Trinajstić information content (AvgIpc) is 3.21. The SMILES string of the molecule is CN(CC1CC1)CC1CCN(C(=O)CCC2CCNCC2)C1.Cl.Cl. The van der Waals surface area contributed by atoms with E-state index in [0.717, 1.165) is 50.9 Å². The molecule has 6 heteroatoms. The molecule has 0 spiro atoms. The summed E-state index contributed by atoms with van der Waals surface area (Å²) in [5.41, 5.74) is 0. The van der Waals surface area contributed by atoms with Gasteiger partial charge in [0.15, 0.2) is 0 Å². The fourth-order valence-corrected chi connectivity index (χ4v) is 4.12. The summed E-state index contributed by atoms with van der Waals surface area (Å²) in [6.07, 6.45) is 8.43. The molecular weight excluding hydrogens is 345 g/mol. The molecule has 0 bridgehead atoms. The zero-order valence-electron chi connectivity index (χ0n) is 15.0. The molecule has 1 unspecified atom stereocenters.